The largest absolute Gasteiger partial charge is 0.379 e. The number of thiazole rings is 1. The van der Waals surface area contributed by atoms with Crippen molar-refractivity contribution in [1.82, 2.24) is 4.98 Å². The molecule has 1 aromatic rings. The molecule has 0 radical (unpaired) electrons. The molecule has 0 saturated carbocycles. The number of methoxy groups -OCH3 is 1. The fourth-order valence-electron chi connectivity index (χ4n) is 0.993. The second-order valence-corrected chi connectivity index (χ2v) is 4.64. The highest BCUT2D eigenvalue weighted by Crippen LogP contribution is 2.18. The van der Waals surface area contributed by atoms with Gasteiger partial charge in [0.2, 0.25) is 0 Å². The molecule has 4 heteroatoms. The van der Waals surface area contributed by atoms with Crippen LogP contribution in [-0.4, -0.2) is 23.5 Å². The second-order valence-electron chi connectivity index (χ2n) is 3.75. The Kier molecular flexibility index (Phi) is 3.77. The van der Waals surface area contributed by atoms with Crippen LogP contribution in [0.1, 0.15) is 36.4 Å². The standard InChI is InChI=1S/C10H15NO2S/c1-10(2,13-3)5-4-8(12)9-6-11-7-14-9/h6-7H,4-5H2,1-3H3. The van der Waals surface area contributed by atoms with Crippen LogP contribution in [0.2, 0.25) is 0 Å². The van der Waals surface area contributed by atoms with Crippen LogP contribution >= 0.6 is 11.3 Å². The van der Waals surface area contributed by atoms with Crippen LogP contribution in [-0.2, 0) is 4.74 Å². The maximum atomic E-state index is 11.6. The zero-order valence-corrected chi connectivity index (χ0v) is 9.56. The number of hydrogen-bond acceptors (Lipinski definition) is 4. The fourth-order valence-corrected chi connectivity index (χ4v) is 1.58. The van der Waals surface area contributed by atoms with Gasteiger partial charge in [0.1, 0.15) is 0 Å². The number of nitrogens with zero attached hydrogens (tertiary/aromatic N) is 1. The minimum Gasteiger partial charge on any atom is -0.379 e. The summed E-state index contributed by atoms with van der Waals surface area (Å²) in [6.07, 6.45) is 2.87. The average molecular weight is 213 g/mol. The normalized spacial score (nSPS) is 11.6. The molecule has 0 aliphatic carbocycles. The molecular weight excluding hydrogens is 198 g/mol. The van der Waals surface area contributed by atoms with Crippen molar-refractivity contribution in [2.45, 2.75) is 32.3 Å². The molecule has 0 fully saturated rings. The van der Waals surface area contributed by atoms with Crippen LogP contribution in [0.4, 0.5) is 0 Å². The zero-order chi connectivity index (χ0) is 10.6. The Morgan fingerprint density at radius 3 is 2.86 bits per heavy atom. The topological polar surface area (TPSA) is 39.2 Å². The lowest BCUT2D eigenvalue weighted by atomic mass is 10.0. The molecule has 3 nitrogen and oxygen atoms in total. The number of Topliss-reactive ketones (excluding diaryl/α,β-unsaturated/α-hetero) is 1. The van der Waals surface area contributed by atoms with E-state index in [1.165, 1.54) is 11.3 Å². The molecule has 0 aliphatic heterocycles. The maximum absolute atomic E-state index is 11.6. The van der Waals surface area contributed by atoms with Crippen molar-refractivity contribution >= 4 is 17.1 Å². The fraction of sp³-hybridized carbons (Fsp3) is 0.600. The molecular formula is C10H15NO2S. The third kappa shape index (κ3) is 3.20. The Hall–Kier alpha value is -0.740. The highest BCUT2D eigenvalue weighted by Gasteiger charge is 2.18. The maximum Gasteiger partial charge on any atom is 0.174 e. The van der Waals surface area contributed by atoms with Crippen LogP contribution in [0, 0.1) is 0 Å². The molecule has 78 valence electrons. The summed E-state index contributed by atoms with van der Waals surface area (Å²) in [6.45, 7) is 3.96. The molecule has 1 heterocycles. The lowest BCUT2D eigenvalue weighted by molar-refractivity contribution is 0.0142. The van der Waals surface area contributed by atoms with Gasteiger partial charge in [0, 0.05) is 19.7 Å². The van der Waals surface area contributed by atoms with Gasteiger partial charge in [-0.15, -0.1) is 11.3 Å². The number of ketones is 1. The highest BCUT2D eigenvalue weighted by molar-refractivity contribution is 7.11. The van der Waals surface area contributed by atoms with Gasteiger partial charge in [0.15, 0.2) is 5.78 Å². The SMILES string of the molecule is COC(C)(C)CCC(=O)c1cncs1. The van der Waals surface area contributed by atoms with Crippen LogP contribution in [0.15, 0.2) is 11.7 Å². The minimum atomic E-state index is -0.222. The first-order valence-electron chi connectivity index (χ1n) is 4.52. The summed E-state index contributed by atoms with van der Waals surface area (Å²) >= 11 is 1.39. The molecule has 0 bridgehead atoms. The second kappa shape index (κ2) is 4.66. The number of rotatable bonds is 5. The summed E-state index contributed by atoms with van der Waals surface area (Å²) in [6, 6.07) is 0. The van der Waals surface area contributed by atoms with E-state index in [0.717, 1.165) is 11.3 Å². The van der Waals surface area contributed by atoms with E-state index in [2.05, 4.69) is 4.98 Å². The van der Waals surface area contributed by atoms with Gasteiger partial charge >= 0.3 is 0 Å². The first-order valence-corrected chi connectivity index (χ1v) is 5.40. The molecule has 0 saturated heterocycles. The minimum absolute atomic E-state index is 0.151. The van der Waals surface area contributed by atoms with Gasteiger partial charge in [-0.1, -0.05) is 0 Å². The van der Waals surface area contributed by atoms with Crippen molar-refractivity contribution in [3.63, 3.8) is 0 Å². The molecule has 14 heavy (non-hydrogen) atoms. The van der Waals surface area contributed by atoms with E-state index in [-0.39, 0.29) is 11.4 Å². The van der Waals surface area contributed by atoms with Crippen molar-refractivity contribution in [2.75, 3.05) is 7.11 Å². The lowest BCUT2D eigenvalue weighted by Crippen LogP contribution is -2.23. The quantitative estimate of drug-likeness (QED) is 0.705. The molecule has 0 atom stereocenters. The molecule has 0 amide bonds. The predicted octanol–water partition coefficient (Wildman–Crippen LogP) is 2.53. The monoisotopic (exact) mass is 213 g/mol. The summed E-state index contributed by atoms with van der Waals surface area (Å²) in [5.41, 5.74) is 1.45. The van der Waals surface area contributed by atoms with E-state index < -0.39 is 0 Å². The molecule has 1 aromatic heterocycles. The van der Waals surface area contributed by atoms with Crippen molar-refractivity contribution in [3.8, 4) is 0 Å². The van der Waals surface area contributed by atoms with Crippen molar-refractivity contribution in [3.05, 3.63) is 16.6 Å². The number of hydrogen-bond donors (Lipinski definition) is 0. The van der Waals surface area contributed by atoms with E-state index >= 15 is 0 Å². The first-order chi connectivity index (χ1) is 6.55. The molecule has 1 rings (SSSR count). The van der Waals surface area contributed by atoms with Gasteiger partial charge in [-0.3, -0.25) is 9.78 Å². The molecule has 0 spiro atoms. The predicted molar refractivity (Wildman–Crippen MR) is 56.8 cm³/mol. The lowest BCUT2D eigenvalue weighted by Gasteiger charge is -2.21. The number of carbonyl (C=O) groups excluding carboxylic acids is 1. The van der Waals surface area contributed by atoms with Crippen molar-refractivity contribution < 1.29 is 9.53 Å². The van der Waals surface area contributed by atoms with Crippen LogP contribution in [0.3, 0.4) is 0 Å². The molecule has 0 aromatic carbocycles. The first kappa shape index (κ1) is 11.3. The number of carbonyl (C=O) groups is 1. The van der Waals surface area contributed by atoms with E-state index in [9.17, 15) is 4.79 Å². The Labute approximate surface area is 88.1 Å². The summed E-state index contributed by atoms with van der Waals surface area (Å²) in [4.78, 5) is 16.2. The third-order valence-corrected chi connectivity index (χ3v) is 3.03. The summed E-state index contributed by atoms with van der Waals surface area (Å²) in [5, 5.41) is 0. The van der Waals surface area contributed by atoms with E-state index in [1.807, 2.05) is 13.8 Å². The van der Waals surface area contributed by atoms with Crippen molar-refractivity contribution in [2.24, 2.45) is 0 Å². The van der Waals surface area contributed by atoms with Crippen LogP contribution < -0.4 is 0 Å². The van der Waals surface area contributed by atoms with Gasteiger partial charge in [0.25, 0.3) is 0 Å². The van der Waals surface area contributed by atoms with Gasteiger partial charge in [-0.05, 0) is 20.3 Å². The van der Waals surface area contributed by atoms with Crippen LogP contribution in [0.25, 0.3) is 0 Å². The van der Waals surface area contributed by atoms with Gasteiger partial charge in [0.05, 0.1) is 16.0 Å². The van der Waals surface area contributed by atoms with Gasteiger partial charge < -0.3 is 4.74 Å². The number of aromatic nitrogens is 1. The van der Waals surface area contributed by atoms with E-state index in [1.54, 1.807) is 18.8 Å². The van der Waals surface area contributed by atoms with Crippen LogP contribution in [0.5, 0.6) is 0 Å². The number of ether oxygens (including phenoxy) is 1. The Balaban J connectivity index is 2.43. The smallest absolute Gasteiger partial charge is 0.174 e. The molecule has 0 N–H and O–H groups in total. The highest BCUT2D eigenvalue weighted by atomic mass is 32.1. The summed E-state index contributed by atoms with van der Waals surface area (Å²) in [7, 11) is 1.66. The molecule has 0 aliphatic rings. The Morgan fingerprint density at radius 1 is 1.64 bits per heavy atom. The average Bonchev–Trinajstić information content (AvgIpc) is 2.67. The summed E-state index contributed by atoms with van der Waals surface area (Å²) < 4.78 is 5.24. The van der Waals surface area contributed by atoms with Gasteiger partial charge in [-0.25, -0.2) is 0 Å². The third-order valence-electron chi connectivity index (χ3n) is 2.21. The van der Waals surface area contributed by atoms with Gasteiger partial charge in [-0.2, -0.15) is 0 Å². The van der Waals surface area contributed by atoms with Crippen molar-refractivity contribution in [1.29, 1.82) is 0 Å². The Bertz CT molecular complexity index is 293. The Morgan fingerprint density at radius 2 is 2.36 bits per heavy atom. The molecule has 0 unspecified atom stereocenters. The van der Waals surface area contributed by atoms with E-state index in [4.69, 9.17) is 4.74 Å². The zero-order valence-electron chi connectivity index (χ0n) is 8.74. The summed E-state index contributed by atoms with van der Waals surface area (Å²) in [5.74, 6) is 0.151. The van der Waals surface area contributed by atoms with E-state index in [0.29, 0.717) is 6.42 Å².